The number of H-pyrrole nitrogens is 1. The van der Waals surface area contributed by atoms with Gasteiger partial charge in [0.05, 0.1) is 22.8 Å². The average molecular weight is 332 g/mol. The van der Waals surface area contributed by atoms with Crippen LogP contribution in [0.1, 0.15) is 10.4 Å². The van der Waals surface area contributed by atoms with Gasteiger partial charge in [-0.3, -0.25) is 9.78 Å². The first kappa shape index (κ1) is 15.0. The molecule has 0 radical (unpaired) electrons. The number of rotatable bonds is 3. The Bertz CT molecular complexity index is 1020. The number of nitrogens with zero attached hydrogens (tertiary/aromatic N) is 2. The Morgan fingerprint density at radius 2 is 1.84 bits per heavy atom. The SMILES string of the molecule is O=C(Nc1ccc(-c2nc3ccccc3[nH]2)cc1)c1ccncc1F. The average Bonchev–Trinajstić information content (AvgIpc) is 3.07. The molecule has 5 nitrogen and oxygen atoms in total. The summed E-state index contributed by atoms with van der Waals surface area (Å²) in [5.41, 5.74) is 3.27. The van der Waals surface area contributed by atoms with Crippen LogP contribution in [0.15, 0.2) is 67.0 Å². The standard InChI is InChI=1S/C19H13FN4O/c20-15-11-21-10-9-14(15)19(25)22-13-7-5-12(6-8-13)18-23-16-3-1-2-4-17(16)24-18/h1-11H,(H,22,25)(H,23,24). The van der Waals surface area contributed by atoms with Crippen LogP contribution in [0.2, 0.25) is 0 Å². The third kappa shape index (κ3) is 2.97. The Hall–Kier alpha value is -3.54. The molecule has 0 aliphatic rings. The summed E-state index contributed by atoms with van der Waals surface area (Å²) in [4.78, 5) is 23.5. The molecule has 0 atom stereocenters. The highest BCUT2D eigenvalue weighted by molar-refractivity contribution is 6.04. The van der Waals surface area contributed by atoms with Crippen molar-refractivity contribution in [3.8, 4) is 11.4 Å². The summed E-state index contributed by atoms with van der Waals surface area (Å²) in [6, 6.07) is 16.3. The minimum absolute atomic E-state index is 0.0450. The van der Waals surface area contributed by atoms with Crippen LogP contribution in [-0.2, 0) is 0 Å². The number of hydrogen-bond donors (Lipinski definition) is 2. The first-order valence-electron chi connectivity index (χ1n) is 7.67. The number of nitrogens with one attached hydrogen (secondary N) is 2. The van der Waals surface area contributed by atoms with Crippen LogP contribution < -0.4 is 5.32 Å². The molecular formula is C19H13FN4O. The summed E-state index contributed by atoms with van der Waals surface area (Å²) in [5.74, 6) is -0.422. The van der Waals surface area contributed by atoms with Gasteiger partial charge in [0.1, 0.15) is 5.82 Å². The predicted molar refractivity (Wildman–Crippen MR) is 93.7 cm³/mol. The van der Waals surface area contributed by atoms with Crippen molar-refractivity contribution in [2.45, 2.75) is 0 Å². The van der Waals surface area contributed by atoms with Crippen molar-refractivity contribution in [1.29, 1.82) is 0 Å². The molecule has 4 aromatic rings. The Morgan fingerprint density at radius 1 is 1.04 bits per heavy atom. The lowest BCUT2D eigenvalue weighted by Gasteiger charge is -2.06. The van der Waals surface area contributed by atoms with E-state index in [2.05, 4.69) is 20.3 Å². The summed E-state index contributed by atoms with van der Waals surface area (Å²) in [7, 11) is 0. The van der Waals surface area contributed by atoms with Gasteiger partial charge in [-0.15, -0.1) is 0 Å². The second-order valence-electron chi connectivity index (χ2n) is 5.49. The van der Waals surface area contributed by atoms with E-state index in [4.69, 9.17) is 0 Å². The van der Waals surface area contributed by atoms with Crippen LogP contribution in [0.5, 0.6) is 0 Å². The molecule has 6 heteroatoms. The number of pyridine rings is 1. The molecule has 0 fully saturated rings. The summed E-state index contributed by atoms with van der Waals surface area (Å²) in [6.45, 7) is 0. The van der Waals surface area contributed by atoms with E-state index in [1.807, 2.05) is 36.4 Å². The minimum atomic E-state index is -0.654. The van der Waals surface area contributed by atoms with Gasteiger partial charge in [-0.25, -0.2) is 9.37 Å². The number of fused-ring (bicyclic) bond motifs is 1. The van der Waals surface area contributed by atoms with Gasteiger partial charge >= 0.3 is 0 Å². The van der Waals surface area contributed by atoms with E-state index >= 15 is 0 Å². The van der Waals surface area contributed by atoms with Crippen LogP contribution in [0.4, 0.5) is 10.1 Å². The van der Waals surface area contributed by atoms with E-state index in [-0.39, 0.29) is 5.56 Å². The van der Waals surface area contributed by atoms with Gasteiger partial charge in [0.2, 0.25) is 0 Å². The maximum Gasteiger partial charge on any atom is 0.258 e. The largest absolute Gasteiger partial charge is 0.338 e. The zero-order valence-electron chi connectivity index (χ0n) is 13.0. The van der Waals surface area contributed by atoms with Crippen molar-refractivity contribution in [2.75, 3.05) is 5.32 Å². The number of benzene rings is 2. The number of anilines is 1. The Kier molecular flexibility index (Phi) is 3.70. The molecule has 2 aromatic carbocycles. The lowest BCUT2D eigenvalue weighted by atomic mass is 10.2. The highest BCUT2D eigenvalue weighted by atomic mass is 19.1. The molecule has 1 amide bonds. The van der Waals surface area contributed by atoms with Crippen molar-refractivity contribution in [3.05, 3.63) is 78.4 Å². The monoisotopic (exact) mass is 332 g/mol. The lowest BCUT2D eigenvalue weighted by molar-refractivity contribution is 0.102. The third-order valence-electron chi connectivity index (χ3n) is 3.82. The molecule has 2 N–H and O–H groups in total. The van der Waals surface area contributed by atoms with E-state index in [0.29, 0.717) is 5.69 Å². The second kappa shape index (κ2) is 6.16. The number of carbonyl (C=O) groups is 1. The molecule has 2 heterocycles. The van der Waals surface area contributed by atoms with Crippen molar-refractivity contribution in [3.63, 3.8) is 0 Å². The van der Waals surface area contributed by atoms with E-state index in [1.165, 1.54) is 12.3 Å². The minimum Gasteiger partial charge on any atom is -0.338 e. The normalized spacial score (nSPS) is 10.8. The highest BCUT2D eigenvalue weighted by Crippen LogP contribution is 2.22. The van der Waals surface area contributed by atoms with Gasteiger partial charge in [0.15, 0.2) is 5.82 Å². The fourth-order valence-corrected chi connectivity index (χ4v) is 2.56. The maximum atomic E-state index is 13.6. The quantitative estimate of drug-likeness (QED) is 0.595. The number of amides is 1. The highest BCUT2D eigenvalue weighted by Gasteiger charge is 2.12. The molecule has 0 aliphatic heterocycles. The smallest absolute Gasteiger partial charge is 0.258 e. The summed E-state index contributed by atoms with van der Waals surface area (Å²) >= 11 is 0. The van der Waals surface area contributed by atoms with Crippen LogP contribution in [-0.4, -0.2) is 20.9 Å². The molecule has 0 saturated carbocycles. The number of aromatic nitrogens is 3. The topological polar surface area (TPSA) is 70.7 Å². The molecule has 25 heavy (non-hydrogen) atoms. The number of aromatic amines is 1. The van der Waals surface area contributed by atoms with Crippen LogP contribution >= 0.6 is 0 Å². The molecule has 0 unspecified atom stereocenters. The van der Waals surface area contributed by atoms with E-state index in [0.717, 1.165) is 28.6 Å². The van der Waals surface area contributed by atoms with Crippen molar-refractivity contribution < 1.29 is 9.18 Å². The number of halogens is 1. The lowest BCUT2D eigenvalue weighted by Crippen LogP contribution is -2.13. The van der Waals surface area contributed by atoms with Crippen molar-refractivity contribution in [2.24, 2.45) is 0 Å². The number of carbonyl (C=O) groups excluding carboxylic acids is 1. The predicted octanol–water partition coefficient (Wildman–Crippen LogP) is 4.02. The second-order valence-corrected chi connectivity index (χ2v) is 5.49. The summed E-state index contributed by atoms with van der Waals surface area (Å²) in [6.07, 6.45) is 2.39. The Morgan fingerprint density at radius 3 is 2.60 bits per heavy atom. The van der Waals surface area contributed by atoms with Crippen LogP contribution in [0.25, 0.3) is 22.4 Å². The first-order chi connectivity index (χ1) is 12.2. The molecule has 4 rings (SSSR count). The Labute approximate surface area is 142 Å². The number of para-hydroxylation sites is 2. The van der Waals surface area contributed by atoms with Gasteiger partial charge in [-0.1, -0.05) is 12.1 Å². The van der Waals surface area contributed by atoms with E-state index in [1.54, 1.807) is 12.1 Å². The summed E-state index contributed by atoms with van der Waals surface area (Å²) in [5, 5.41) is 2.67. The molecule has 0 bridgehead atoms. The zero-order chi connectivity index (χ0) is 17.2. The molecule has 0 saturated heterocycles. The van der Waals surface area contributed by atoms with E-state index in [9.17, 15) is 9.18 Å². The maximum absolute atomic E-state index is 13.6. The van der Waals surface area contributed by atoms with Crippen molar-refractivity contribution >= 4 is 22.6 Å². The third-order valence-corrected chi connectivity index (χ3v) is 3.82. The fraction of sp³-hybridized carbons (Fsp3) is 0. The Balaban J connectivity index is 1.56. The first-order valence-corrected chi connectivity index (χ1v) is 7.67. The van der Waals surface area contributed by atoms with Crippen LogP contribution in [0, 0.1) is 5.82 Å². The van der Waals surface area contributed by atoms with E-state index < -0.39 is 11.7 Å². The van der Waals surface area contributed by atoms with Crippen molar-refractivity contribution in [1.82, 2.24) is 15.0 Å². The van der Waals surface area contributed by atoms with Gasteiger partial charge in [-0.05, 0) is 42.5 Å². The van der Waals surface area contributed by atoms with Crippen LogP contribution in [0.3, 0.4) is 0 Å². The molecule has 0 spiro atoms. The summed E-state index contributed by atoms with van der Waals surface area (Å²) < 4.78 is 13.6. The number of hydrogen-bond acceptors (Lipinski definition) is 3. The van der Waals surface area contributed by atoms with Gasteiger partial charge in [-0.2, -0.15) is 0 Å². The van der Waals surface area contributed by atoms with Gasteiger partial charge in [0, 0.05) is 17.4 Å². The molecular weight excluding hydrogens is 319 g/mol. The zero-order valence-corrected chi connectivity index (χ0v) is 13.0. The molecule has 2 aromatic heterocycles. The fourth-order valence-electron chi connectivity index (χ4n) is 2.56. The molecule has 122 valence electrons. The number of imidazole rings is 1. The molecule has 0 aliphatic carbocycles. The van der Waals surface area contributed by atoms with Gasteiger partial charge in [0.25, 0.3) is 5.91 Å². The van der Waals surface area contributed by atoms with Gasteiger partial charge < -0.3 is 10.3 Å².